The van der Waals surface area contributed by atoms with Gasteiger partial charge in [0.1, 0.15) is 5.82 Å². The summed E-state index contributed by atoms with van der Waals surface area (Å²) in [6, 6.07) is 12.4. The first-order chi connectivity index (χ1) is 12.6. The molecule has 0 amide bonds. The molecular formula is C21H25N5. The lowest BCUT2D eigenvalue weighted by Crippen LogP contribution is -2.10. The van der Waals surface area contributed by atoms with E-state index in [0.29, 0.717) is 0 Å². The summed E-state index contributed by atoms with van der Waals surface area (Å²) in [7, 11) is 4.11. The minimum atomic E-state index is 0.730. The molecule has 0 fully saturated rings. The highest BCUT2D eigenvalue weighted by atomic mass is 15.1. The number of anilines is 2. The third kappa shape index (κ3) is 4.17. The number of rotatable bonds is 6. The van der Waals surface area contributed by atoms with Crippen LogP contribution in [0.2, 0.25) is 0 Å². The average molecular weight is 347 g/mol. The quantitative estimate of drug-likeness (QED) is 0.728. The van der Waals surface area contributed by atoms with Gasteiger partial charge in [0.25, 0.3) is 0 Å². The normalized spacial score (nSPS) is 10.6. The Bertz CT molecular complexity index is 875. The number of nitrogens with zero attached hydrogens (tertiary/aromatic N) is 4. The van der Waals surface area contributed by atoms with Crippen LogP contribution in [-0.2, 0) is 13.0 Å². The molecule has 2 aromatic heterocycles. The Hall–Kier alpha value is -2.95. The maximum absolute atomic E-state index is 4.68. The summed E-state index contributed by atoms with van der Waals surface area (Å²) in [5.41, 5.74) is 5.74. The Balaban J connectivity index is 1.82. The number of aromatic nitrogens is 3. The molecule has 0 atom stereocenters. The van der Waals surface area contributed by atoms with Crippen molar-refractivity contribution < 1.29 is 0 Å². The van der Waals surface area contributed by atoms with E-state index in [-0.39, 0.29) is 0 Å². The monoisotopic (exact) mass is 347 g/mol. The van der Waals surface area contributed by atoms with Gasteiger partial charge < -0.3 is 10.2 Å². The molecule has 0 aliphatic carbocycles. The molecule has 5 nitrogen and oxygen atoms in total. The summed E-state index contributed by atoms with van der Waals surface area (Å²) < 4.78 is 0. The molecule has 0 unspecified atom stereocenters. The van der Waals surface area contributed by atoms with Gasteiger partial charge in [-0.2, -0.15) is 0 Å². The van der Waals surface area contributed by atoms with Crippen LogP contribution in [0.1, 0.15) is 23.7 Å². The van der Waals surface area contributed by atoms with Gasteiger partial charge in [-0.15, -0.1) is 0 Å². The van der Waals surface area contributed by atoms with E-state index in [4.69, 9.17) is 0 Å². The second-order valence-corrected chi connectivity index (χ2v) is 6.52. The van der Waals surface area contributed by atoms with Gasteiger partial charge in [0.2, 0.25) is 0 Å². The van der Waals surface area contributed by atoms with Gasteiger partial charge in [0.05, 0.1) is 0 Å². The summed E-state index contributed by atoms with van der Waals surface area (Å²) in [5.74, 6) is 1.58. The smallest absolute Gasteiger partial charge is 0.161 e. The molecular weight excluding hydrogens is 322 g/mol. The van der Waals surface area contributed by atoms with E-state index in [9.17, 15) is 0 Å². The van der Waals surface area contributed by atoms with Crippen LogP contribution >= 0.6 is 0 Å². The van der Waals surface area contributed by atoms with Gasteiger partial charge in [-0.3, -0.25) is 4.98 Å². The van der Waals surface area contributed by atoms with Gasteiger partial charge in [0.15, 0.2) is 5.82 Å². The molecule has 134 valence electrons. The zero-order chi connectivity index (χ0) is 18.5. The van der Waals surface area contributed by atoms with Crippen molar-refractivity contribution in [2.45, 2.75) is 26.8 Å². The van der Waals surface area contributed by atoms with Crippen molar-refractivity contribution in [3.8, 4) is 11.4 Å². The van der Waals surface area contributed by atoms with Crippen molar-refractivity contribution in [2.75, 3.05) is 24.3 Å². The van der Waals surface area contributed by atoms with E-state index >= 15 is 0 Å². The topological polar surface area (TPSA) is 53.9 Å². The summed E-state index contributed by atoms with van der Waals surface area (Å²) in [5, 5.41) is 3.45. The van der Waals surface area contributed by atoms with Crippen LogP contribution in [-0.4, -0.2) is 29.0 Å². The SMILES string of the molecule is CCc1cc(NCc2ccc(N(C)C)cc2C)nc(-c2ccncc2)n1. The second kappa shape index (κ2) is 7.95. The van der Waals surface area contributed by atoms with Crippen LogP contribution in [0.15, 0.2) is 48.8 Å². The number of aryl methyl sites for hydroxylation is 2. The first-order valence-corrected chi connectivity index (χ1v) is 8.86. The maximum atomic E-state index is 4.68. The molecule has 1 N–H and O–H groups in total. The van der Waals surface area contributed by atoms with Gasteiger partial charge >= 0.3 is 0 Å². The van der Waals surface area contributed by atoms with E-state index in [1.54, 1.807) is 12.4 Å². The zero-order valence-corrected chi connectivity index (χ0v) is 15.8. The summed E-state index contributed by atoms with van der Waals surface area (Å²) in [6.07, 6.45) is 4.39. The molecule has 0 saturated carbocycles. The molecule has 5 heteroatoms. The van der Waals surface area contributed by atoms with Crippen LogP contribution in [0.25, 0.3) is 11.4 Å². The highest BCUT2D eigenvalue weighted by Crippen LogP contribution is 2.20. The molecule has 0 bridgehead atoms. The Morgan fingerprint density at radius 1 is 1.00 bits per heavy atom. The Kier molecular flexibility index (Phi) is 5.46. The number of pyridine rings is 1. The largest absolute Gasteiger partial charge is 0.378 e. The van der Waals surface area contributed by atoms with Crippen molar-refractivity contribution in [3.63, 3.8) is 0 Å². The van der Waals surface area contributed by atoms with Crippen LogP contribution in [0.5, 0.6) is 0 Å². The van der Waals surface area contributed by atoms with Crippen molar-refractivity contribution in [1.82, 2.24) is 15.0 Å². The first-order valence-electron chi connectivity index (χ1n) is 8.86. The summed E-state index contributed by atoms with van der Waals surface area (Å²) in [6.45, 7) is 4.98. The molecule has 0 saturated heterocycles. The highest BCUT2D eigenvalue weighted by molar-refractivity contribution is 5.57. The van der Waals surface area contributed by atoms with Crippen LogP contribution < -0.4 is 10.2 Å². The third-order valence-electron chi connectivity index (χ3n) is 4.38. The van der Waals surface area contributed by atoms with Gasteiger partial charge in [-0.05, 0) is 48.7 Å². The molecule has 3 aromatic rings. The van der Waals surface area contributed by atoms with E-state index in [1.807, 2.05) is 18.2 Å². The van der Waals surface area contributed by atoms with Crippen molar-refractivity contribution in [3.05, 3.63) is 65.6 Å². The molecule has 1 aromatic carbocycles. The molecule has 0 aliphatic heterocycles. The molecule has 0 radical (unpaired) electrons. The zero-order valence-electron chi connectivity index (χ0n) is 15.8. The fraction of sp³-hybridized carbons (Fsp3) is 0.286. The van der Waals surface area contributed by atoms with Crippen molar-refractivity contribution in [2.24, 2.45) is 0 Å². The van der Waals surface area contributed by atoms with Crippen molar-refractivity contribution >= 4 is 11.5 Å². The average Bonchev–Trinajstić information content (AvgIpc) is 2.67. The summed E-state index contributed by atoms with van der Waals surface area (Å²) >= 11 is 0. The lowest BCUT2D eigenvalue weighted by Gasteiger charge is -2.16. The lowest BCUT2D eigenvalue weighted by atomic mass is 10.1. The Morgan fingerprint density at radius 3 is 2.42 bits per heavy atom. The van der Waals surface area contributed by atoms with Gasteiger partial charge in [0, 0.05) is 56.0 Å². The maximum Gasteiger partial charge on any atom is 0.161 e. The minimum Gasteiger partial charge on any atom is -0.378 e. The molecule has 26 heavy (non-hydrogen) atoms. The van der Waals surface area contributed by atoms with Crippen LogP contribution in [0.4, 0.5) is 11.5 Å². The van der Waals surface area contributed by atoms with Crippen molar-refractivity contribution in [1.29, 1.82) is 0 Å². The van der Waals surface area contributed by atoms with E-state index in [2.05, 4.69) is 71.3 Å². The van der Waals surface area contributed by atoms with Gasteiger partial charge in [-0.25, -0.2) is 9.97 Å². The first kappa shape index (κ1) is 17.9. The molecule has 2 heterocycles. The fourth-order valence-corrected chi connectivity index (χ4v) is 2.74. The molecule has 0 spiro atoms. The Labute approximate surface area is 155 Å². The van der Waals surface area contributed by atoms with Crippen LogP contribution in [0, 0.1) is 6.92 Å². The van der Waals surface area contributed by atoms with E-state index in [0.717, 1.165) is 35.9 Å². The fourth-order valence-electron chi connectivity index (χ4n) is 2.74. The molecule has 0 aliphatic rings. The number of hydrogen-bond donors (Lipinski definition) is 1. The number of nitrogens with one attached hydrogen (secondary N) is 1. The summed E-state index contributed by atoms with van der Waals surface area (Å²) in [4.78, 5) is 15.5. The minimum absolute atomic E-state index is 0.730. The molecule has 3 rings (SSSR count). The van der Waals surface area contributed by atoms with Crippen LogP contribution in [0.3, 0.4) is 0 Å². The standard InChI is InChI=1S/C21H25N5/c1-5-18-13-20(25-21(24-18)16-8-10-22-11-9-16)23-14-17-6-7-19(26(3)4)12-15(17)2/h6-13H,5,14H2,1-4H3,(H,23,24,25). The number of benzene rings is 1. The lowest BCUT2D eigenvalue weighted by molar-refractivity contribution is 0.990. The van der Waals surface area contributed by atoms with Gasteiger partial charge in [-0.1, -0.05) is 13.0 Å². The predicted octanol–water partition coefficient (Wildman–Crippen LogP) is 4.09. The predicted molar refractivity (Wildman–Crippen MR) is 107 cm³/mol. The van der Waals surface area contributed by atoms with E-state index in [1.165, 1.54) is 16.8 Å². The Morgan fingerprint density at radius 2 is 1.77 bits per heavy atom. The highest BCUT2D eigenvalue weighted by Gasteiger charge is 2.07. The second-order valence-electron chi connectivity index (χ2n) is 6.52. The third-order valence-corrected chi connectivity index (χ3v) is 4.38. The van der Waals surface area contributed by atoms with E-state index < -0.39 is 0 Å². The number of hydrogen-bond acceptors (Lipinski definition) is 5.